The van der Waals surface area contributed by atoms with Gasteiger partial charge in [0, 0.05) is 27.3 Å². The van der Waals surface area contributed by atoms with Crippen molar-refractivity contribution < 1.29 is 9.15 Å². The van der Waals surface area contributed by atoms with Gasteiger partial charge in [0.1, 0.15) is 22.7 Å². The number of benzene rings is 9. The first-order chi connectivity index (χ1) is 24.7. The second-order valence-corrected chi connectivity index (χ2v) is 13.3. The van der Waals surface area contributed by atoms with Gasteiger partial charge in [-0.15, -0.1) is 0 Å². The molecule has 11 rings (SSSR count). The topological polar surface area (TPSA) is 22.4 Å². The van der Waals surface area contributed by atoms with E-state index in [9.17, 15) is 0 Å². The Morgan fingerprint density at radius 3 is 1.86 bits per heavy atom. The summed E-state index contributed by atoms with van der Waals surface area (Å²) in [6.07, 6.45) is 0. The second kappa shape index (κ2) is 10.4. The molecule has 0 saturated carbocycles. The fraction of sp³-hybridized carbons (Fsp3) is 0. The van der Waals surface area contributed by atoms with E-state index in [2.05, 4.69) is 170 Å². The first kappa shape index (κ1) is 27.3. The highest BCUT2D eigenvalue weighted by molar-refractivity contribution is 6.24. The van der Waals surface area contributed by atoms with Crippen molar-refractivity contribution in [2.45, 2.75) is 0 Å². The van der Waals surface area contributed by atoms with E-state index in [1.807, 2.05) is 0 Å². The summed E-state index contributed by atoms with van der Waals surface area (Å²) in [5.74, 6) is 1.74. The molecule has 1 aliphatic heterocycles. The standard InChI is InChI=1S/C48H28O2/c1-2-9-33-25-34(20-19-29(33)7-1)30-15-17-31(18-16-30)35-21-24-40-45(26-35)50-46-28-42-39-23-22-36(38-12-5-10-32-8-3-4-11-37(32)38)27-44(39)49-43-14-6-13-41(47(40)46)48(42)43/h1-28H. The SMILES string of the molecule is c1ccc2cc(-c3ccc(-c4ccc5c(c4)oc4cc6c7c(cccc7c45)Oc4cc(-c5cccc7ccccc57)ccc4-6)cc3)ccc2c1. The molecule has 0 atom stereocenters. The first-order valence-electron chi connectivity index (χ1n) is 17.1. The van der Waals surface area contributed by atoms with E-state index >= 15 is 0 Å². The first-order valence-corrected chi connectivity index (χ1v) is 17.1. The van der Waals surface area contributed by atoms with Crippen LogP contribution in [0.2, 0.25) is 0 Å². The van der Waals surface area contributed by atoms with Gasteiger partial charge in [-0.25, -0.2) is 0 Å². The maximum absolute atomic E-state index is 6.68. The number of rotatable bonds is 3. The number of ether oxygens (including phenoxy) is 1. The van der Waals surface area contributed by atoms with E-state index in [-0.39, 0.29) is 0 Å². The van der Waals surface area contributed by atoms with E-state index in [1.54, 1.807) is 0 Å². The zero-order valence-electron chi connectivity index (χ0n) is 27.0. The summed E-state index contributed by atoms with van der Waals surface area (Å²) >= 11 is 0. The van der Waals surface area contributed by atoms with E-state index < -0.39 is 0 Å². The summed E-state index contributed by atoms with van der Waals surface area (Å²) < 4.78 is 13.3. The molecule has 0 bridgehead atoms. The highest BCUT2D eigenvalue weighted by Crippen LogP contribution is 2.51. The summed E-state index contributed by atoms with van der Waals surface area (Å²) in [6.45, 7) is 0. The Morgan fingerprint density at radius 2 is 0.980 bits per heavy atom. The lowest BCUT2D eigenvalue weighted by molar-refractivity contribution is 0.487. The molecule has 1 aliphatic rings. The monoisotopic (exact) mass is 636 g/mol. The summed E-state index contributed by atoms with van der Waals surface area (Å²) in [5, 5.41) is 9.47. The molecule has 0 spiro atoms. The van der Waals surface area contributed by atoms with Gasteiger partial charge in [-0.1, -0.05) is 127 Å². The highest BCUT2D eigenvalue weighted by atomic mass is 16.5. The van der Waals surface area contributed by atoms with Crippen molar-refractivity contribution in [1.29, 1.82) is 0 Å². The average Bonchev–Trinajstić information content (AvgIpc) is 3.55. The van der Waals surface area contributed by atoms with Gasteiger partial charge < -0.3 is 9.15 Å². The van der Waals surface area contributed by atoms with Gasteiger partial charge in [-0.2, -0.15) is 0 Å². The predicted octanol–water partition coefficient (Wildman–Crippen LogP) is 13.8. The van der Waals surface area contributed by atoms with Crippen LogP contribution in [-0.4, -0.2) is 0 Å². The van der Waals surface area contributed by atoms with Crippen LogP contribution < -0.4 is 4.74 Å². The van der Waals surface area contributed by atoms with Crippen molar-refractivity contribution in [1.82, 2.24) is 0 Å². The Kier molecular flexibility index (Phi) is 5.70. The minimum Gasteiger partial charge on any atom is -0.456 e. The fourth-order valence-corrected chi connectivity index (χ4v) is 8.01. The van der Waals surface area contributed by atoms with Crippen molar-refractivity contribution in [3.8, 4) is 56.0 Å². The molecule has 1 aromatic heterocycles. The van der Waals surface area contributed by atoms with Crippen LogP contribution in [0.1, 0.15) is 0 Å². The van der Waals surface area contributed by atoms with Crippen LogP contribution in [0.15, 0.2) is 174 Å². The van der Waals surface area contributed by atoms with Gasteiger partial charge in [0.05, 0.1) is 0 Å². The lowest BCUT2D eigenvalue weighted by Crippen LogP contribution is -1.97. The molecule has 50 heavy (non-hydrogen) atoms. The predicted molar refractivity (Wildman–Crippen MR) is 208 cm³/mol. The molecule has 0 amide bonds. The third-order valence-electron chi connectivity index (χ3n) is 10.5. The minimum absolute atomic E-state index is 0.861. The Labute approximate surface area is 288 Å². The Morgan fingerprint density at radius 1 is 0.300 bits per heavy atom. The van der Waals surface area contributed by atoms with Crippen LogP contribution in [0.3, 0.4) is 0 Å². The molecule has 232 valence electrons. The number of fused-ring (bicyclic) bond motifs is 8. The zero-order chi connectivity index (χ0) is 32.8. The van der Waals surface area contributed by atoms with Gasteiger partial charge in [-0.3, -0.25) is 0 Å². The fourth-order valence-electron chi connectivity index (χ4n) is 8.01. The number of hydrogen-bond donors (Lipinski definition) is 0. The van der Waals surface area contributed by atoms with Crippen molar-refractivity contribution in [3.05, 3.63) is 170 Å². The van der Waals surface area contributed by atoms with E-state index in [0.29, 0.717) is 0 Å². The third kappa shape index (κ3) is 4.09. The summed E-state index contributed by atoms with van der Waals surface area (Å²) in [4.78, 5) is 0. The van der Waals surface area contributed by atoms with Crippen molar-refractivity contribution in [2.75, 3.05) is 0 Å². The molecular formula is C48H28O2. The lowest BCUT2D eigenvalue weighted by Gasteiger charge is -2.22. The van der Waals surface area contributed by atoms with Crippen molar-refractivity contribution in [3.63, 3.8) is 0 Å². The normalized spacial score (nSPS) is 12.2. The molecule has 0 fully saturated rings. The largest absolute Gasteiger partial charge is 0.456 e. The summed E-state index contributed by atoms with van der Waals surface area (Å²) in [5.41, 5.74) is 11.0. The summed E-state index contributed by atoms with van der Waals surface area (Å²) in [6, 6.07) is 60.7. The van der Waals surface area contributed by atoms with Crippen LogP contribution in [0.5, 0.6) is 11.5 Å². The maximum Gasteiger partial charge on any atom is 0.136 e. The van der Waals surface area contributed by atoms with Crippen LogP contribution in [0.25, 0.3) is 98.8 Å². The van der Waals surface area contributed by atoms with Gasteiger partial charge in [0.2, 0.25) is 0 Å². The molecule has 2 heterocycles. The van der Waals surface area contributed by atoms with Gasteiger partial charge >= 0.3 is 0 Å². The van der Waals surface area contributed by atoms with Crippen LogP contribution in [0.4, 0.5) is 0 Å². The van der Waals surface area contributed by atoms with E-state index in [0.717, 1.165) is 72.0 Å². The molecule has 0 radical (unpaired) electrons. The Hall–Kier alpha value is -6.64. The highest BCUT2D eigenvalue weighted by Gasteiger charge is 2.24. The van der Waals surface area contributed by atoms with Gasteiger partial charge in [0.25, 0.3) is 0 Å². The molecular weight excluding hydrogens is 609 g/mol. The second-order valence-electron chi connectivity index (χ2n) is 13.3. The smallest absolute Gasteiger partial charge is 0.136 e. The lowest BCUT2D eigenvalue weighted by atomic mass is 9.90. The van der Waals surface area contributed by atoms with Crippen LogP contribution in [0, 0.1) is 0 Å². The van der Waals surface area contributed by atoms with Crippen molar-refractivity contribution >= 4 is 54.3 Å². The van der Waals surface area contributed by atoms with Gasteiger partial charge in [-0.05, 0) is 103 Å². The average molecular weight is 637 g/mol. The minimum atomic E-state index is 0.861. The molecule has 10 aromatic rings. The molecule has 2 nitrogen and oxygen atoms in total. The molecule has 0 aliphatic carbocycles. The molecule has 9 aromatic carbocycles. The molecule has 2 heteroatoms. The van der Waals surface area contributed by atoms with E-state index in [1.165, 1.54) is 38.2 Å². The van der Waals surface area contributed by atoms with Crippen LogP contribution in [-0.2, 0) is 0 Å². The molecule has 0 N–H and O–H groups in total. The Bertz CT molecular complexity index is 3000. The summed E-state index contributed by atoms with van der Waals surface area (Å²) in [7, 11) is 0. The molecule has 0 unspecified atom stereocenters. The maximum atomic E-state index is 6.68. The van der Waals surface area contributed by atoms with Crippen molar-refractivity contribution in [2.24, 2.45) is 0 Å². The zero-order valence-corrected chi connectivity index (χ0v) is 27.0. The quantitative estimate of drug-likeness (QED) is 0.193. The number of furan rings is 1. The van der Waals surface area contributed by atoms with E-state index in [4.69, 9.17) is 9.15 Å². The van der Waals surface area contributed by atoms with Crippen LogP contribution >= 0.6 is 0 Å². The van der Waals surface area contributed by atoms with Gasteiger partial charge in [0.15, 0.2) is 0 Å². The Balaban J connectivity index is 1.01. The molecule has 0 saturated heterocycles. The third-order valence-corrected chi connectivity index (χ3v) is 10.5. The number of hydrogen-bond acceptors (Lipinski definition) is 2.